The van der Waals surface area contributed by atoms with Gasteiger partial charge in [-0.1, -0.05) is 24.3 Å². The van der Waals surface area contributed by atoms with E-state index in [-0.39, 0.29) is 5.82 Å². The number of hydrazone groups is 1. The minimum absolute atomic E-state index is 0.255. The van der Waals surface area contributed by atoms with Gasteiger partial charge < -0.3 is 4.57 Å². The highest BCUT2D eigenvalue weighted by molar-refractivity contribution is 7.14. The number of anilines is 1. The van der Waals surface area contributed by atoms with E-state index in [1.165, 1.54) is 45.3 Å². The molecule has 1 N–H and O–H groups in total. The Bertz CT molecular complexity index is 1350. The highest BCUT2D eigenvalue weighted by Gasteiger charge is 2.08. The smallest absolute Gasteiger partial charge is 0.203 e. The van der Waals surface area contributed by atoms with E-state index in [9.17, 15) is 4.39 Å². The molecule has 0 fully saturated rings. The normalized spacial score (nSPS) is 11.7. The summed E-state index contributed by atoms with van der Waals surface area (Å²) in [7, 11) is 2.08. The Kier molecular flexibility index (Phi) is 4.33. The van der Waals surface area contributed by atoms with Crippen LogP contribution in [0.1, 0.15) is 5.56 Å². The lowest BCUT2D eigenvalue weighted by Crippen LogP contribution is -1.91. The number of hydrogen-bond acceptors (Lipinski definition) is 4. The number of thiazole rings is 1. The Morgan fingerprint density at radius 1 is 1.00 bits per heavy atom. The van der Waals surface area contributed by atoms with Gasteiger partial charge in [0.1, 0.15) is 5.82 Å². The standard InChI is InChI=1S/C23H17FN4S/c1-28-21-5-3-2-4-18(21)19-12-15(6-11-22(19)28)13-25-27-23-26-20(14-29-23)16-7-9-17(24)10-8-16/h2-14H,1H3,(H,26,27). The fourth-order valence-electron chi connectivity index (χ4n) is 3.51. The molecule has 0 saturated carbocycles. The van der Waals surface area contributed by atoms with Crippen molar-refractivity contribution in [2.75, 3.05) is 5.43 Å². The maximum absolute atomic E-state index is 13.1. The van der Waals surface area contributed by atoms with E-state index in [0.717, 1.165) is 16.8 Å². The summed E-state index contributed by atoms with van der Waals surface area (Å²) in [6, 6.07) is 21.0. The molecule has 0 unspecified atom stereocenters. The van der Waals surface area contributed by atoms with E-state index in [4.69, 9.17) is 0 Å². The third-order valence-electron chi connectivity index (χ3n) is 4.96. The molecule has 0 aliphatic rings. The summed E-state index contributed by atoms with van der Waals surface area (Å²) < 4.78 is 15.3. The number of fused-ring (bicyclic) bond motifs is 3. The monoisotopic (exact) mass is 400 g/mol. The van der Waals surface area contributed by atoms with E-state index >= 15 is 0 Å². The summed E-state index contributed by atoms with van der Waals surface area (Å²) in [5, 5.41) is 9.39. The molecule has 0 bridgehead atoms. The van der Waals surface area contributed by atoms with Crippen LogP contribution in [-0.2, 0) is 7.05 Å². The summed E-state index contributed by atoms with van der Waals surface area (Å²) in [6.07, 6.45) is 1.79. The zero-order valence-corrected chi connectivity index (χ0v) is 16.4. The van der Waals surface area contributed by atoms with Gasteiger partial charge in [-0.2, -0.15) is 5.10 Å². The van der Waals surface area contributed by atoms with Crippen LogP contribution in [0.2, 0.25) is 0 Å². The van der Waals surface area contributed by atoms with Crippen LogP contribution in [0.5, 0.6) is 0 Å². The maximum Gasteiger partial charge on any atom is 0.203 e. The number of aryl methyl sites for hydroxylation is 1. The Hall–Kier alpha value is -3.51. The van der Waals surface area contributed by atoms with Crippen LogP contribution in [0.4, 0.5) is 9.52 Å². The van der Waals surface area contributed by atoms with Gasteiger partial charge in [0.2, 0.25) is 5.13 Å². The van der Waals surface area contributed by atoms with Crippen molar-refractivity contribution in [2.45, 2.75) is 0 Å². The molecular weight excluding hydrogens is 383 g/mol. The number of nitrogens with one attached hydrogen (secondary N) is 1. The minimum Gasteiger partial charge on any atom is -0.344 e. The van der Waals surface area contributed by atoms with Crippen molar-refractivity contribution < 1.29 is 4.39 Å². The average Bonchev–Trinajstić information content (AvgIpc) is 3.33. The highest BCUT2D eigenvalue weighted by Crippen LogP contribution is 2.28. The van der Waals surface area contributed by atoms with Crippen molar-refractivity contribution in [1.29, 1.82) is 0 Å². The molecule has 0 aliphatic heterocycles. The van der Waals surface area contributed by atoms with Crippen LogP contribution in [0.25, 0.3) is 33.1 Å². The van der Waals surface area contributed by atoms with Crippen LogP contribution in [0.15, 0.2) is 77.2 Å². The fraction of sp³-hybridized carbons (Fsp3) is 0.0435. The molecule has 0 aliphatic carbocycles. The summed E-state index contributed by atoms with van der Waals surface area (Å²) in [5.41, 5.74) is 8.07. The second-order valence-electron chi connectivity index (χ2n) is 6.77. The maximum atomic E-state index is 13.1. The number of hydrogen-bond donors (Lipinski definition) is 1. The Balaban J connectivity index is 1.37. The number of nitrogens with zero attached hydrogens (tertiary/aromatic N) is 3. The van der Waals surface area contributed by atoms with Crippen molar-refractivity contribution >= 4 is 44.5 Å². The zero-order valence-electron chi connectivity index (χ0n) is 15.6. The van der Waals surface area contributed by atoms with Gasteiger partial charge in [-0.3, -0.25) is 5.43 Å². The van der Waals surface area contributed by atoms with E-state index in [1.54, 1.807) is 18.3 Å². The number of para-hydroxylation sites is 1. The molecule has 0 saturated heterocycles. The molecule has 4 nitrogen and oxygen atoms in total. The van der Waals surface area contributed by atoms with Crippen molar-refractivity contribution in [3.63, 3.8) is 0 Å². The SMILES string of the molecule is Cn1c2ccccc2c2cc(C=NNc3nc(-c4ccc(F)cc4)cs3)ccc21. The Labute approximate surface area is 170 Å². The summed E-state index contributed by atoms with van der Waals surface area (Å²) in [5.74, 6) is -0.255. The van der Waals surface area contributed by atoms with Gasteiger partial charge in [-0.15, -0.1) is 11.3 Å². The van der Waals surface area contributed by atoms with Crippen LogP contribution in [0.3, 0.4) is 0 Å². The summed E-state index contributed by atoms with van der Waals surface area (Å²) in [6.45, 7) is 0. The number of benzene rings is 3. The number of aromatic nitrogens is 2. The van der Waals surface area contributed by atoms with E-state index < -0.39 is 0 Å². The van der Waals surface area contributed by atoms with Gasteiger partial charge in [-0.05, 0) is 48.0 Å². The molecule has 142 valence electrons. The lowest BCUT2D eigenvalue weighted by molar-refractivity contribution is 0.628. The van der Waals surface area contributed by atoms with Gasteiger partial charge in [0.15, 0.2) is 0 Å². The first-order valence-electron chi connectivity index (χ1n) is 9.17. The number of rotatable bonds is 4. The minimum atomic E-state index is -0.255. The molecule has 5 aromatic rings. The summed E-state index contributed by atoms with van der Waals surface area (Å²) in [4.78, 5) is 4.50. The molecule has 0 spiro atoms. The van der Waals surface area contributed by atoms with Gasteiger partial charge in [-0.25, -0.2) is 9.37 Å². The van der Waals surface area contributed by atoms with Gasteiger partial charge in [0.25, 0.3) is 0 Å². The second kappa shape index (κ2) is 7.14. The molecular formula is C23H17FN4S. The van der Waals surface area contributed by atoms with E-state index in [2.05, 4.69) is 69.6 Å². The van der Waals surface area contributed by atoms with Crippen molar-refractivity contribution in [2.24, 2.45) is 12.1 Å². The predicted octanol–water partition coefficient (Wildman–Crippen LogP) is 6.04. The third kappa shape index (κ3) is 3.28. The lowest BCUT2D eigenvalue weighted by Gasteiger charge is -1.99. The fourth-order valence-corrected chi connectivity index (χ4v) is 4.17. The first-order chi connectivity index (χ1) is 14.2. The molecule has 0 amide bonds. The molecule has 3 aromatic carbocycles. The molecule has 6 heteroatoms. The van der Waals surface area contributed by atoms with Crippen LogP contribution in [-0.4, -0.2) is 15.8 Å². The van der Waals surface area contributed by atoms with Crippen LogP contribution < -0.4 is 5.43 Å². The first-order valence-corrected chi connectivity index (χ1v) is 10.0. The van der Waals surface area contributed by atoms with Gasteiger partial charge in [0, 0.05) is 39.8 Å². The molecule has 0 atom stereocenters. The van der Waals surface area contributed by atoms with Crippen LogP contribution in [0, 0.1) is 5.82 Å². The topological polar surface area (TPSA) is 42.2 Å². The highest BCUT2D eigenvalue weighted by atomic mass is 32.1. The molecule has 2 heterocycles. The van der Waals surface area contributed by atoms with Crippen molar-refractivity contribution in [3.8, 4) is 11.3 Å². The zero-order chi connectivity index (χ0) is 19.8. The summed E-state index contributed by atoms with van der Waals surface area (Å²) >= 11 is 1.46. The molecule has 29 heavy (non-hydrogen) atoms. The predicted molar refractivity (Wildman–Crippen MR) is 119 cm³/mol. The van der Waals surface area contributed by atoms with Crippen molar-refractivity contribution in [3.05, 3.63) is 83.5 Å². The Morgan fingerprint density at radius 3 is 2.66 bits per heavy atom. The van der Waals surface area contributed by atoms with E-state index in [1.807, 2.05) is 5.38 Å². The quantitative estimate of drug-likeness (QED) is 0.295. The van der Waals surface area contributed by atoms with Crippen LogP contribution >= 0.6 is 11.3 Å². The van der Waals surface area contributed by atoms with Gasteiger partial charge >= 0.3 is 0 Å². The molecule has 5 rings (SSSR count). The Morgan fingerprint density at radius 2 is 1.79 bits per heavy atom. The lowest BCUT2D eigenvalue weighted by atomic mass is 10.1. The van der Waals surface area contributed by atoms with Crippen molar-refractivity contribution in [1.82, 2.24) is 9.55 Å². The molecule has 2 aromatic heterocycles. The number of halogens is 1. The first kappa shape index (κ1) is 17.6. The average molecular weight is 400 g/mol. The largest absolute Gasteiger partial charge is 0.344 e. The second-order valence-corrected chi connectivity index (χ2v) is 7.63. The third-order valence-corrected chi connectivity index (χ3v) is 5.70. The van der Waals surface area contributed by atoms with Gasteiger partial charge in [0.05, 0.1) is 11.9 Å². The molecule has 0 radical (unpaired) electrons. The van der Waals surface area contributed by atoms with E-state index in [0.29, 0.717) is 5.13 Å².